The van der Waals surface area contributed by atoms with Gasteiger partial charge < -0.3 is 10.1 Å². The molecular formula is C19H18ClNO3. The Hall–Kier alpha value is -2.33. The van der Waals surface area contributed by atoms with Crippen LogP contribution in [0.3, 0.4) is 0 Å². The monoisotopic (exact) mass is 343 g/mol. The molecule has 0 spiro atoms. The van der Waals surface area contributed by atoms with Crippen molar-refractivity contribution in [2.45, 2.75) is 32.8 Å². The van der Waals surface area contributed by atoms with Crippen molar-refractivity contribution in [1.29, 1.82) is 0 Å². The topological polar surface area (TPSA) is 55.4 Å². The highest BCUT2D eigenvalue weighted by atomic mass is 35.5. The highest BCUT2D eigenvalue weighted by Gasteiger charge is 2.32. The lowest BCUT2D eigenvalue weighted by atomic mass is 9.92. The van der Waals surface area contributed by atoms with Crippen molar-refractivity contribution in [1.82, 2.24) is 0 Å². The van der Waals surface area contributed by atoms with Crippen LogP contribution in [0, 0.1) is 6.92 Å². The molecule has 1 aliphatic rings. The summed E-state index contributed by atoms with van der Waals surface area (Å²) in [7, 11) is 0. The van der Waals surface area contributed by atoms with E-state index >= 15 is 0 Å². The van der Waals surface area contributed by atoms with E-state index < -0.39 is 5.60 Å². The summed E-state index contributed by atoms with van der Waals surface area (Å²) in [5, 5.41) is 3.46. The molecular weight excluding hydrogens is 326 g/mol. The molecule has 24 heavy (non-hydrogen) atoms. The molecule has 0 aliphatic carbocycles. The number of carbonyl (C=O) groups excluding carboxylic acids is 2. The van der Waals surface area contributed by atoms with Crippen molar-refractivity contribution in [3.63, 3.8) is 0 Å². The van der Waals surface area contributed by atoms with Crippen molar-refractivity contribution < 1.29 is 14.3 Å². The van der Waals surface area contributed by atoms with Crippen LogP contribution in [0.25, 0.3) is 0 Å². The number of rotatable bonds is 2. The minimum Gasteiger partial charge on any atom is -0.487 e. The van der Waals surface area contributed by atoms with Crippen LogP contribution in [0.4, 0.5) is 5.69 Å². The zero-order valence-electron chi connectivity index (χ0n) is 13.8. The molecule has 2 aromatic rings. The van der Waals surface area contributed by atoms with Crippen LogP contribution in [0.1, 0.15) is 46.5 Å². The molecule has 0 atom stereocenters. The Morgan fingerprint density at radius 2 is 1.96 bits per heavy atom. The van der Waals surface area contributed by atoms with E-state index in [9.17, 15) is 9.59 Å². The third-order valence-corrected chi connectivity index (χ3v) is 4.19. The lowest BCUT2D eigenvalue weighted by molar-refractivity contribution is 0.0620. The van der Waals surface area contributed by atoms with Crippen molar-refractivity contribution in [2.24, 2.45) is 0 Å². The van der Waals surface area contributed by atoms with E-state index in [1.54, 1.807) is 36.4 Å². The van der Waals surface area contributed by atoms with Crippen LogP contribution in [-0.4, -0.2) is 17.3 Å². The van der Waals surface area contributed by atoms with Gasteiger partial charge in [-0.1, -0.05) is 11.6 Å². The minimum atomic E-state index is -0.520. The van der Waals surface area contributed by atoms with Gasteiger partial charge in [0.1, 0.15) is 11.4 Å². The summed E-state index contributed by atoms with van der Waals surface area (Å²) in [4.78, 5) is 24.8. The molecule has 0 radical (unpaired) electrons. The van der Waals surface area contributed by atoms with Crippen LogP contribution in [0.2, 0.25) is 5.02 Å². The third kappa shape index (κ3) is 3.29. The molecule has 1 N–H and O–H groups in total. The van der Waals surface area contributed by atoms with Crippen LogP contribution in [0.5, 0.6) is 5.75 Å². The molecule has 0 saturated heterocycles. The molecule has 0 saturated carbocycles. The summed E-state index contributed by atoms with van der Waals surface area (Å²) in [6.07, 6.45) is 0.293. The fraction of sp³-hybridized carbons (Fsp3) is 0.263. The van der Waals surface area contributed by atoms with Crippen molar-refractivity contribution >= 4 is 29.0 Å². The summed E-state index contributed by atoms with van der Waals surface area (Å²) in [5.74, 6) is 0.231. The maximum Gasteiger partial charge on any atom is 0.255 e. The van der Waals surface area contributed by atoms with E-state index in [0.717, 1.165) is 5.56 Å². The minimum absolute atomic E-state index is 0.0152. The number of nitrogens with one attached hydrogen (secondary N) is 1. The first-order chi connectivity index (χ1) is 11.2. The van der Waals surface area contributed by atoms with Gasteiger partial charge in [0.25, 0.3) is 5.91 Å². The number of Topliss-reactive ketones (excluding diaryl/α,β-unsaturated/α-hetero) is 1. The highest BCUT2D eigenvalue weighted by molar-refractivity contribution is 6.30. The largest absolute Gasteiger partial charge is 0.487 e. The van der Waals surface area contributed by atoms with Gasteiger partial charge in [0.2, 0.25) is 0 Å². The molecule has 0 fully saturated rings. The number of fused-ring (bicyclic) bond motifs is 1. The Morgan fingerprint density at radius 1 is 1.21 bits per heavy atom. The number of halogens is 1. The van der Waals surface area contributed by atoms with Crippen LogP contribution >= 0.6 is 11.6 Å². The fourth-order valence-electron chi connectivity index (χ4n) is 2.76. The van der Waals surface area contributed by atoms with E-state index in [1.807, 2.05) is 20.8 Å². The van der Waals surface area contributed by atoms with Gasteiger partial charge in [0.05, 0.1) is 12.0 Å². The van der Waals surface area contributed by atoms with E-state index in [2.05, 4.69) is 5.32 Å². The zero-order chi connectivity index (χ0) is 17.5. The molecule has 1 aliphatic heterocycles. The van der Waals surface area contributed by atoms with E-state index in [4.69, 9.17) is 16.3 Å². The van der Waals surface area contributed by atoms with Gasteiger partial charge in [-0.2, -0.15) is 0 Å². The number of ether oxygens (including phenoxy) is 1. The summed E-state index contributed by atoms with van der Waals surface area (Å²) >= 11 is 5.92. The molecule has 1 amide bonds. The SMILES string of the molecule is Cc1cc(Cl)ccc1NC(=O)c1ccc2c(c1)C(=O)CC(C)(C)O2. The Balaban J connectivity index is 1.87. The number of anilines is 1. The molecule has 0 aromatic heterocycles. The second-order valence-electron chi connectivity index (χ2n) is 6.59. The van der Waals surface area contributed by atoms with Gasteiger partial charge in [-0.25, -0.2) is 0 Å². The Labute approximate surface area is 145 Å². The second kappa shape index (κ2) is 5.95. The van der Waals surface area contributed by atoms with Gasteiger partial charge in [-0.15, -0.1) is 0 Å². The normalized spacial score (nSPS) is 15.4. The average molecular weight is 344 g/mol. The van der Waals surface area contributed by atoms with Gasteiger partial charge in [0.15, 0.2) is 5.78 Å². The molecule has 124 valence electrons. The van der Waals surface area contributed by atoms with E-state index in [1.165, 1.54) is 0 Å². The molecule has 2 aromatic carbocycles. The van der Waals surface area contributed by atoms with Gasteiger partial charge in [-0.3, -0.25) is 9.59 Å². The van der Waals surface area contributed by atoms with E-state index in [-0.39, 0.29) is 11.7 Å². The van der Waals surface area contributed by atoms with Crippen LogP contribution in [-0.2, 0) is 0 Å². The molecule has 0 unspecified atom stereocenters. The molecule has 4 nitrogen and oxygen atoms in total. The predicted octanol–water partition coefficient (Wildman–Crippen LogP) is 4.64. The number of amides is 1. The molecule has 5 heteroatoms. The van der Waals surface area contributed by atoms with Gasteiger partial charge in [-0.05, 0) is 62.7 Å². The van der Waals surface area contributed by atoms with Crippen LogP contribution in [0.15, 0.2) is 36.4 Å². The van der Waals surface area contributed by atoms with Gasteiger partial charge in [0, 0.05) is 16.3 Å². The summed E-state index contributed by atoms with van der Waals surface area (Å²) < 4.78 is 5.81. The first kappa shape index (κ1) is 16.5. The Morgan fingerprint density at radius 3 is 2.67 bits per heavy atom. The Kier molecular flexibility index (Phi) is 4.10. The third-order valence-electron chi connectivity index (χ3n) is 3.95. The molecule has 0 bridgehead atoms. The average Bonchev–Trinajstić information content (AvgIpc) is 2.48. The lowest BCUT2D eigenvalue weighted by Gasteiger charge is -2.31. The zero-order valence-corrected chi connectivity index (χ0v) is 14.5. The van der Waals surface area contributed by atoms with Gasteiger partial charge >= 0.3 is 0 Å². The maximum atomic E-state index is 12.5. The summed E-state index contributed by atoms with van der Waals surface area (Å²) in [6, 6.07) is 10.2. The van der Waals surface area contributed by atoms with Crippen molar-refractivity contribution in [2.75, 3.05) is 5.32 Å². The quantitative estimate of drug-likeness (QED) is 0.863. The highest BCUT2D eigenvalue weighted by Crippen LogP contribution is 2.33. The van der Waals surface area contributed by atoms with Crippen LogP contribution < -0.4 is 10.1 Å². The predicted molar refractivity (Wildman–Crippen MR) is 94.2 cm³/mol. The summed E-state index contributed by atoms with van der Waals surface area (Å²) in [6.45, 7) is 5.61. The van der Waals surface area contributed by atoms with E-state index in [0.29, 0.717) is 34.0 Å². The summed E-state index contributed by atoms with van der Waals surface area (Å²) in [5.41, 5.74) is 1.91. The van der Waals surface area contributed by atoms with Crippen molar-refractivity contribution in [3.05, 3.63) is 58.1 Å². The first-order valence-corrected chi connectivity index (χ1v) is 8.07. The molecule has 1 heterocycles. The smallest absolute Gasteiger partial charge is 0.255 e. The van der Waals surface area contributed by atoms with Crippen molar-refractivity contribution in [3.8, 4) is 5.75 Å². The second-order valence-corrected chi connectivity index (χ2v) is 7.02. The standard InChI is InChI=1S/C19H18ClNO3/c1-11-8-13(20)5-6-15(11)21-18(23)12-4-7-17-14(9-12)16(22)10-19(2,3)24-17/h4-9H,10H2,1-3H3,(H,21,23). The lowest BCUT2D eigenvalue weighted by Crippen LogP contribution is -2.36. The number of benzene rings is 2. The number of ketones is 1. The number of hydrogen-bond donors (Lipinski definition) is 1. The molecule has 3 rings (SSSR count). The number of carbonyl (C=O) groups is 2. The maximum absolute atomic E-state index is 12.5. The number of hydrogen-bond acceptors (Lipinski definition) is 3. The Bertz CT molecular complexity index is 843. The fourth-order valence-corrected chi connectivity index (χ4v) is 2.98. The number of aryl methyl sites for hydroxylation is 1. The first-order valence-electron chi connectivity index (χ1n) is 7.69.